The fourth-order valence-corrected chi connectivity index (χ4v) is 3.82. The van der Waals surface area contributed by atoms with Gasteiger partial charge in [-0.2, -0.15) is 0 Å². The molecule has 158 valence electrons. The molecule has 8 nitrogen and oxygen atoms in total. The van der Waals surface area contributed by atoms with Crippen LogP contribution in [-0.2, 0) is 0 Å². The van der Waals surface area contributed by atoms with Gasteiger partial charge in [-0.05, 0) is 44.6 Å². The Morgan fingerprint density at radius 3 is 2.62 bits per heavy atom. The molecule has 3 rings (SSSR count). The van der Waals surface area contributed by atoms with Gasteiger partial charge < -0.3 is 26.2 Å². The van der Waals surface area contributed by atoms with Crippen molar-refractivity contribution in [3.05, 3.63) is 30.3 Å². The highest BCUT2D eigenvalue weighted by Gasteiger charge is 2.34. The van der Waals surface area contributed by atoms with Gasteiger partial charge in [0.25, 0.3) is 0 Å². The Balaban J connectivity index is 1.70. The van der Waals surface area contributed by atoms with Crippen molar-refractivity contribution in [3.63, 3.8) is 0 Å². The van der Waals surface area contributed by atoms with E-state index in [1.807, 2.05) is 19.2 Å². The highest BCUT2D eigenvalue weighted by Crippen LogP contribution is 2.34. The van der Waals surface area contributed by atoms with Gasteiger partial charge in [0.15, 0.2) is 5.82 Å². The maximum absolute atomic E-state index is 11.1. The van der Waals surface area contributed by atoms with Gasteiger partial charge in [0.2, 0.25) is 0 Å². The second kappa shape index (κ2) is 9.39. The minimum Gasteiger partial charge on any atom is -0.507 e. The van der Waals surface area contributed by atoms with Crippen molar-refractivity contribution in [2.75, 3.05) is 56.9 Å². The van der Waals surface area contributed by atoms with Gasteiger partial charge in [0.1, 0.15) is 5.75 Å². The number of benzene rings is 1. The van der Waals surface area contributed by atoms with Crippen molar-refractivity contribution in [1.82, 2.24) is 20.4 Å². The predicted molar refractivity (Wildman–Crippen MR) is 116 cm³/mol. The van der Waals surface area contributed by atoms with E-state index in [1.165, 1.54) is 0 Å². The van der Waals surface area contributed by atoms with Crippen molar-refractivity contribution >= 4 is 11.5 Å². The van der Waals surface area contributed by atoms with Gasteiger partial charge in [-0.25, -0.2) is 0 Å². The van der Waals surface area contributed by atoms with Crippen LogP contribution in [0.25, 0.3) is 11.3 Å². The average Bonchev–Trinajstić information content (AvgIpc) is 2.73. The van der Waals surface area contributed by atoms with E-state index in [9.17, 15) is 10.2 Å². The normalized spacial score (nSPS) is 16.3. The molecule has 2 aromatic rings. The van der Waals surface area contributed by atoms with Crippen LogP contribution in [0, 0.1) is 0 Å². The molecule has 0 saturated carbocycles. The largest absolute Gasteiger partial charge is 0.507 e. The first-order valence-electron chi connectivity index (χ1n) is 10.2. The lowest BCUT2D eigenvalue weighted by molar-refractivity contribution is -0.0148. The number of aliphatic hydroxyl groups is 1. The Labute approximate surface area is 172 Å². The van der Waals surface area contributed by atoms with Crippen molar-refractivity contribution in [1.29, 1.82) is 0 Å². The molecular weight excluding hydrogens is 368 g/mol. The maximum Gasteiger partial charge on any atom is 0.169 e. The van der Waals surface area contributed by atoms with Gasteiger partial charge >= 0.3 is 0 Å². The molecule has 1 aliphatic rings. The topological polar surface area (TPSA) is 111 Å². The van der Waals surface area contributed by atoms with E-state index < -0.39 is 5.60 Å². The number of likely N-dealkylation sites (N-methyl/N-ethyl adjacent to an activating group) is 2. The molecule has 2 heterocycles. The first-order valence-corrected chi connectivity index (χ1v) is 10.2. The average molecular weight is 401 g/mol. The van der Waals surface area contributed by atoms with Crippen LogP contribution in [0.1, 0.15) is 19.8 Å². The number of para-hydroxylation sites is 1. The molecule has 1 aromatic heterocycles. The number of nitrogen functional groups attached to an aromatic ring is 1. The highest BCUT2D eigenvalue weighted by molar-refractivity contribution is 5.74. The molecule has 0 atom stereocenters. The SMILES string of the molecule is CCN(CCNC)CC1(O)CCN(c2cc(-c3ccccc3O)nnc2N)CC1. The second-order valence-electron chi connectivity index (χ2n) is 7.70. The van der Waals surface area contributed by atoms with E-state index in [2.05, 4.69) is 32.2 Å². The number of anilines is 2. The van der Waals surface area contributed by atoms with Crippen LogP contribution in [0.2, 0.25) is 0 Å². The summed E-state index contributed by atoms with van der Waals surface area (Å²) in [5.74, 6) is 0.519. The lowest BCUT2D eigenvalue weighted by Crippen LogP contribution is -2.52. The van der Waals surface area contributed by atoms with Crippen LogP contribution in [0.15, 0.2) is 30.3 Å². The van der Waals surface area contributed by atoms with Crippen LogP contribution in [-0.4, -0.2) is 77.2 Å². The molecule has 1 aliphatic heterocycles. The summed E-state index contributed by atoms with van der Waals surface area (Å²) in [4.78, 5) is 4.43. The lowest BCUT2D eigenvalue weighted by Gasteiger charge is -2.41. The molecule has 0 aliphatic carbocycles. The molecule has 29 heavy (non-hydrogen) atoms. The predicted octanol–water partition coefficient (Wildman–Crippen LogP) is 1.30. The third-order valence-electron chi connectivity index (χ3n) is 5.66. The van der Waals surface area contributed by atoms with E-state index in [0.717, 1.165) is 25.3 Å². The number of phenolic OH excluding ortho intramolecular Hbond substituents is 1. The standard InChI is InChI=1S/C21H32N6O2/c1-3-26(13-10-23-2)15-21(29)8-11-27(12-9-21)18-14-17(24-25-20(18)22)16-6-4-5-7-19(16)28/h4-7,14,23,28-29H,3,8-13,15H2,1-2H3,(H2,22,25). The van der Waals surface area contributed by atoms with Gasteiger partial charge in [-0.1, -0.05) is 19.1 Å². The molecule has 5 N–H and O–H groups in total. The molecule has 8 heteroatoms. The number of nitrogens with zero attached hydrogens (tertiary/aromatic N) is 4. The fraction of sp³-hybridized carbons (Fsp3) is 0.524. The van der Waals surface area contributed by atoms with Gasteiger partial charge in [-0.15, -0.1) is 10.2 Å². The molecular formula is C21H32N6O2. The molecule has 1 saturated heterocycles. The number of nitrogens with one attached hydrogen (secondary N) is 1. The van der Waals surface area contributed by atoms with Gasteiger partial charge in [-0.3, -0.25) is 4.90 Å². The minimum atomic E-state index is -0.698. The summed E-state index contributed by atoms with van der Waals surface area (Å²) in [5.41, 5.74) is 7.41. The van der Waals surface area contributed by atoms with Crippen LogP contribution in [0.4, 0.5) is 11.5 Å². The molecule has 0 spiro atoms. The van der Waals surface area contributed by atoms with Crippen LogP contribution >= 0.6 is 0 Å². The number of nitrogens with two attached hydrogens (primary N) is 1. The van der Waals surface area contributed by atoms with E-state index in [0.29, 0.717) is 49.6 Å². The summed E-state index contributed by atoms with van der Waals surface area (Å²) in [6.07, 6.45) is 1.33. The number of hydrogen-bond donors (Lipinski definition) is 4. The van der Waals surface area contributed by atoms with Gasteiger partial charge in [0.05, 0.1) is 17.0 Å². The first kappa shape index (κ1) is 21.3. The van der Waals surface area contributed by atoms with E-state index in [-0.39, 0.29) is 5.75 Å². The Morgan fingerprint density at radius 1 is 1.24 bits per heavy atom. The molecule has 1 aromatic carbocycles. The highest BCUT2D eigenvalue weighted by atomic mass is 16.3. The molecule has 0 bridgehead atoms. The zero-order chi connectivity index (χ0) is 20.9. The number of hydrogen-bond acceptors (Lipinski definition) is 8. The Hall–Kier alpha value is -2.42. The minimum absolute atomic E-state index is 0.159. The molecule has 0 radical (unpaired) electrons. The third-order valence-corrected chi connectivity index (χ3v) is 5.66. The Bertz CT molecular complexity index is 808. The number of aromatic nitrogens is 2. The van der Waals surface area contributed by atoms with Crippen molar-refractivity contribution < 1.29 is 10.2 Å². The smallest absolute Gasteiger partial charge is 0.169 e. The quantitative estimate of drug-likeness (QED) is 0.525. The van der Waals surface area contributed by atoms with Crippen LogP contribution in [0.3, 0.4) is 0 Å². The summed E-state index contributed by atoms with van der Waals surface area (Å²) in [7, 11) is 1.94. The van der Waals surface area contributed by atoms with Crippen molar-refractivity contribution in [3.8, 4) is 17.0 Å². The number of phenols is 1. The van der Waals surface area contributed by atoms with E-state index in [4.69, 9.17) is 5.73 Å². The zero-order valence-electron chi connectivity index (χ0n) is 17.3. The van der Waals surface area contributed by atoms with Crippen LogP contribution < -0.4 is 16.0 Å². The Morgan fingerprint density at radius 2 is 1.97 bits per heavy atom. The third kappa shape index (κ3) is 5.14. The summed E-state index contributed by atoms with van der Waals surface area (Å²) >= 11 is 0. The van der Waals surface area contributed by atoms with E-state index in [1.54, 1.807) is 18.2 Å². The number of rotatable bonds is 8. The second-order valence-corrected chi connectivity index (χ2v) is 7.70. The number of piperidine rings is 1. The van der Waals surface area contributed by atoms with Gasteiger partial charge in [0, 0.05) is 38.3 Å². The van der Waals surface area contributed by atoms with E-state index >= 15 is 0 Å². The molecule has 0 unspecified atom stereocenters. The molecule has 0 amide bonds. The van der Waals surface area contributed by atoms with Crippen molar-refractivity contribution in [2.24, 2.45) is 0 Å². The Kier molecular flexibility index (Phi) is 6.89. The summed E-state index contributed by atoms with van der Waals surface area (Å²) < 4.78 is 0. The maximum atomic E-state index is 11.1. The zero-order valence-corrected chi connectivity index (χ0v) is 17.3. The summed E-state index contributed by atoms with van der Waals surface area (Å²) in [5, 5.41) is 32.6. The first-order chi connectivity index (χ1) is 14.0. The summed E-state index contributed by atoms with van der Waals surface area (Å²) in [6, 6.07) is 8.92. The monoisotopic (exact) mass is 400 g/mol. The number of aromatic hydroxyl groups is 1. The summed E-state index contributed by atoms with van der Waals surface area (Å²) in [6.45, 7) is 6.92. The fourth-order valence-electron chi connectivity index (χ4n) is 3.82. The van der Waals surface area contributed by atoms with Crippen LogP contribution in [0.5, 0.6) is 5.75 Å². The molecule has 1 fully saturated rings. The van der Waals surface area contributed by atoms with Crippen molar-refractivity contribution in [2.45, 2.75) is 25.4 Å². The lowest BCUT2D eigenvalue weighted by atomic mass is 9.90.